The van der Waals surface area contributed by atoms with Gasteiger partial charge in [-0.2, -0.15) is 0 Å². The maximum Gasteiger partial charge on any atom is 0.255 e. The van der Waals surface area contributed by atoms with E-state index in [0.717, 1.165) is 72.2 Å². The van der Waals surface area contributed by atoms with Crippen LogP contribution in [0.5, 0.6) is 0 Å². The highest BCUT2D eigenvalue weighted by Gasteiger charge is 2.25. The first-order valence-corrected chi connectivity index (χ1v) is 48.5. The molecule has 7 N–H and O–H groups in total. The fourth-order valence-electron chi connectivity index (χ4n) is 13.8. The summed E-state index contributed by atoms with van der Waals surface area (Å²) in [6.07, 6.45) is 10.8. The number of Topliss-reactive ketones (excluding diaryl/α,β-unsaturated/α-hetero) is 3. The van der Waals surface area contributed by atoms with E-state index >= 15 is 0 Å². The lowest BCUT2D eigenvalue weighted by Gasteiger charge is -2.22. The first-order chi connectivity index (χ1) is 58.2. The van der Waals surface area contributed by atoms with Crippen molar-refractivity contribution in [1.29, 1.82) is 0 Å². The van der Waals surface area contributed by atoms with Crippen molar-refractivity contribution in [3.05, 3.63) is 262 Å². The minimum absolute atomic E-state index is 0. The molecular weight excluding hydrogens is 1630 g/mol. The predicted molar refractivity (Wildman–Crippen MR) is 502 cm³/mol. The molecule has 4 heterocycles. The molecule has 27 heteroatoms. The van der Waals surface area contributed by atoms with Crippen molar-refractivity contribution in [2.24, 2.45) is 0 Å². The van der Waals surface area contributed by atoms with Crippen molar-refractivity contribution in [1.82, 2.24) is 25.3 Å². The summed E-state index contributed by atoms with van der Waals surface area (Å²) < 4.78 is 97.4. The summed E-state index contributed by atoms with van der Waals surface area (Å²) in [5, 5.41) is 39.2. The molecule has 4 aromatic heterocycles. The number of aliphatic hydroxyl groups is 2. The van der Waals surface area contributed by atoms with Gasteiger partial charge in [0.1, 0.15) is 0 Å². The van der Waals surface area contributed by atoms with Crippen molar-refractivity contribution >= 4 is 152 Å². The van der Waals surface area contributed by atoms with Crippen LogP contribution in [0.25, 0.3) is 43.6 Å². The summed E-state index contributed by atoms with van der Waals surface area (Å²) in [5.74, 6) is 0.571. The Balaban J connectivity index is 0.000000203. The largest absolute Gasteiger partial charge is 0.392 e. The molecule has 0 saturated heterocycles. The normalized spacial score (nSPS) is 11.6. The Kier molecular flexibility index (Phi) is 35.8. The highest BCUT2D eigenvalue weighted by molar-refractivity contribution is 7.92. The van der Waals surface area contributed by atoms with Crippen molar-refractivity contribution < 1.29 is 63.1 Å². The number of aromatic nitrogens is 4. The number of amides is 1. The summed E-state index contributed by atoms with van der Waals surface area (Å²) in [7, 11) is -12.4. The lowest BCUT2D eigenvalue weighted by molar-refractivity contribution is 0.0917. The van der Waals surface area contributed by atoms with E-state index in [2.05, 4.69) is 46.5 Å². The van der Waals surface area contributed by atoms with Gasteiger partial charge < -0.3 is 36.8 Å². The van der Waals surface area contributed by atoms with E-state index in [4.69, 9.17) is 0 Å². The number of fused-ring (bicyclic) bond motifs is 4. The SMILES string of the molecule is C.CCCS(=O)(=O)CCc1cc2c(Nc3ccccc3)c(C(=O)CC)cnc2cc1CO.CCCS(=O)(=O)CCc1cc2c(Nc3ccccc3)c(C(=O)NC(C)(C)C)cnc2cc1CO.CCCS(=O)(=O)CCc1ccc2ncc(C(=O)CC)c(Nc3ccccc3)c2c1.CCCS(=O)(=O)CCc1ccc2ncc(C(C)=O)c(Nc3ccccc3)c2c1. The fraction of sp³-hybridized carbons (Fsp3) is 0.333. The Morgan fingerprint density at radius 3 is 0.927 bits per heavy atom. The standard InChI is InChI=1S/C26H33N3O4S.C24H28N2O4S.C23H26N2O3S.C22H24N2O3S.CH4/c1-5-12-34(32,33)13-11-18-14-21-23(15-19(18)17-30)27-16-22(25(31)29-26(2,3)4)24(21)28-20-9-7-6-8-10-20;1-3-11-31(29,30)12-10-17-13-20-22(14-18(17)16-27)25-15-21(23(28)4-2)24(20)26-19-8-6-5-7-9-19;1-3-13-29(27,28)14-12-17-10-11-21-19(15-17)23(20(16-24-21)22(26)4-2)25-18-8-6-5-7-9-18;1-3-12-28(26,27)13-11-17-9-10-21-19(14-17)22(20(15-23-21)16(2)25)24-18-7-5-4-6-8-18;/h6-10,14-16,30H,5,11-13,17H2,1-4H3,(H,27,28)(H,29,31);5-9,13-15,27H,3-4,10-12,16H2,1-2H3,(H,25,26);5-11,15-16H,3-4,12-14H2,1-2H3,(H,24,25);4-10,14-15H,3,11-13H2,1-2H3,(H,23,24);1H4. The van der Waals surface area contributed by atoms with E-state index in [1.165, 1.54) is 13.1 Å². The number of hydrogen-bond donors (Lipinski definition) is 7. The van der Waals surface area contributed by atoms with Gasteiger partial charge in [0, 0.05) is 110 Å². The molecule has 123 heavy (non-hydrogen) atoms. The molecule has 12 aromatic rings. The van der Waals surface area contributed by atoms with E-state index in [1.54, 1.807) is 37.6 Å². The van der Waals surface area contributed by atoms with Crippen LogP contribution in [0.3, 0.4) is 0 Å². The average Bonchev–Trinajstić information content (AvgIpc) is 0.747. The molecule has 8 aromatic carbocycles. The second-order valence-electron chi connectivity index (χ2n) is 30.9. The van der Waals surface area contributed by atoms with Gasteiger partial charge in [0.25, 0.3) is 5.91 Å². The van der Waals surface area contributed by atoms with Gasteiger partial charge in [0.2, 0.25) is 0 Å². The van der Waals surface area contributed by atoms with Crippen LogP contribution in [0.2, 0.25) is 0 Å². The lowest BCUT2D eigenvalue weighted by atomic mass is 9.98. The number of nitrogens with zero attached hydrogens (tertiary/aromatic N) is 4. The molecule has 652 valence electrons. The van der Waals surface area contributed by atoms with Gasteiger partial charge in [0.05, 0.1) is 103 Å². The third-order valence-corrected chi connectivity index (χ3v) is 27.4. The first kappa shape index (κ1) is 97.2. The molecular formula is C96H115N9O14S4. The van der Waals surface area contributed by atoms with Gasteiger partial charge in [-0.05, 0) is 210 Å². The Labute approximate surface area is 724 Å². The summed E-state index contributed by atoms with van der Waals surface area (Å²) in [6.45, 7) is 17.8. The summed E-state index contributed by atoms with van der Waals surface area (Å²) in [4.78, 5) is 68.2. The quantitative estimate of drug-likeness (QED) is 0.0179. The number of carbonyl (C=O) groups is 4. The maximum atomic E-state index is 13.1. The van der Waals surface area contributed by atoms with Gasteiger partial charge >= 0.3 is 0 Å². The van der Waals surface area contributed by atoms with Crippen molar-refractivity contribution in [2.75, 3.05) is 67.3 Å². The van der Waals surface area contributed by atoms with E-state index in [1.807, 2.05) is 225 Å². The number of sulfone groups is 4. The number of nitrogens with one attached hydrogen (secondary N) is 5. The highest BCUT2D eigenvalue weighted by Crippen LogP contribution is 2.37. The average molecular weight is 1750 g/mol. The predicted octanol–water partition coefficient (Wildman–Crippen LogP) is 18.9. The van der Waals surface area contributed by atoms with Crippen LogP contribution < -0.4 is 26.6 Å². The Morgan fingerprint density at radius 2 is 0.626 bits per heavy atom. The Morgan fingerprint density at radius 1 is 0.341 bits per heavy atom. The first-order valence-electron chi connectivity index (χ1n) is 41.2. The monoisotopic (exact) mass is 1750 g/mol. The van der Waals surface area contributed by atoms with E-state index in [9.17, 15) is 63.1 Å². The van der Waals surface area contributed by atoms with Crippen molar-refractivity contribution in [2.45, 2.75) is 160 Å². The zero-order chi connectivity index (χ0) is 88.4. The second-order valence-corrected chi connectivity index (χ2v) is 40.1. The lowest BCUT2D eigenvalue weighted by Crippen LogP contribution is -2.40. The molecule has 0 bridgehead atoms. The van der Waals surface area contributed by atoms with Crippen LogP contribution in [0.1, 0.15) is 190 Å². The van der Waals surface area contributed by atoms with Gasteiger partial charge in [-0.15, -0.1) is 0 Å². The summed E-state index contributed by atoms with van der Waals surface area (Å²) in [5.41, 5.74) is 14.8. The molecule has 0 unspecified atom stereocenters. The number of benzene rings is 8. The molecule has 0 aliphatic carbocycles. The Hall–Kier alpha value is -11.2. The third kappa shape index (κ3) is 28.2. The maximum absolute atomic E-state index is 13.1. The number of rotatable bonds is 36. The topological polar surface area (TPSA) is 357 Å². The molecule has 0 fully saturated rings. The van der Waals surface area contributed by atoms with Gasteiger partial charge in [-0.1, -0.05) is 134 Å². The minimum Gasteiger partial charge on any atom is -0.392 e. The van der Waals surface area contributed by atoms with E-state index in [-0.39, 0.29) is 96.3 Å². The molecule has 0 aliphatic rings. The van der Waals surface area contributed by atoms with Crippen LogP contribution >= 0.6 is 0 Å². The molecule has 0 spiro atoms. The van der Waals surface area contributed by atoms with E-state index < -0.39 is 44.9 Å². The molecule has 1 amide bonds. The molecule has 0 aliphatic heterocycles. The van der Waals surface area contributed by atoms with Gasteiger partial charge in [0.15, 0.2) is 56.7 Å². The second kappa shape index (κ2) is 45.3. The van der Waals surface area contributed by atoms with Crippen LogP contribution in [0, 0.1) is 0 Å². The zero-order valence-electron chi connectivity index (χ0n) is 71.0. The zero-order valence-corrected chi connectivity index (χ0v) is 74.3. The number of carbonyl (C=O) groups excluding carboxylic acids is 4. The molecule has 0 atom stereocenters. The van der Waals surface area contributed by atoms with Crippen molar-refractivity contribution in [3.8, 4) is 0 Å². The van der Waals surface area contributed by atoms with Gasteiger partial charge in [-0.3, -0.25) is 39.1 Å². The molecule has 0 saturated carbocycles. The van der Waals surface area contributed by atoms with Crippen LogP contribution in [-0.2, 0) is 78.2 Å². The smallest absolute Gasteiger partial charge is 0.255 e. The molecule has 0 radical (unpaired) electrons. The van der Waals surface area contributed by atoms with Crippen LogP contribution in [-0.4, -0.2) is 139 Å². The fourth-order valence-corrected chi connectivity index (χ4v) is 19.2. The molecule has 12 rings (SSSR count). The minimum atomic E-state index is -3.19. The highest BCUT2D eigenvalue weighted by atomic mass is 32.2. The summed E-state index contributed by atoms with van der Waals surface area (Å²) >= 11 is 0. The van der Waals surface area contributed by atoms with Crippen LogP contribution in [0.4, 0.5) is 45.5 Å². The number of ketones is 3. The number of anilines is 8. The van der Waals surface area contributed by atoms with Gasteiger partial charge in [-0.25, -0.2) is 33.7 Å². The molecule has 23 nitrogen and oxygen atoms in total. The number of aryl methyl sites for hydroxylation is 4. The third-order valence-electron chi connectivity index (χ3n) is 19.9. The number of aliphatic hydroxyl groups excluding tert-OH is 2. The number of hydrogen-bond acceptors (Lipinski definition) is 22. The summed E-state index contributed by atoms with van der Waals surface area (Å²) in [6, 6.07) is 57.0. The van der Waals surface area contributed by atoms with E-state index in [0.29, 0.717) is 130 Å². The van der Waals surface area contributed by atoms with Crippen LogP contribution in [0.15, 0.2) is 207 Å². The van der Waals surface area contributed by atoms with Crippen molar-refractivity contribution in [3.63, 3.8) is 0 Å². The number of pyridine rings is 4. The Bertz CT molecular complexity index is 6140. The number of para-hydroxylation sites is 4.